The van der Waals surface area contributed by atoms with Gasteiger partial charge in [0.25, 0.3) is 0 Å². The van der Waals surface area contributed by atoms with E-state index in [0.717, 1.165) is 46.5 Å². The van der Waals surface area contributed by atoms with Crippen LogP contribution >= 0.6 is 15.9 Å². The first kappa shape index (κ1) is 101. The number of aromatic nitrogens is 1. The van der Waals surface area contributed by atoms with Crippen LogP contribution in [0.15, 0.2) is 65.3 Å². The molecular formula is C26H24B79BrN. The molecular weight excluding hydrogens is 1260 g/mol. The zero-order chi connectivity index (χ0) is 81.3. The van der Waals surface area contributed by atoms with Crippen molar-refractivity contribution < 1.29 is 0 Å². The number of benzene rings is 2. The van der Waals surface area contributed by atoms with Gasteiger partial charge in [-0.05, 0) is 90.7 Å². The topological polar surface area (TPSA) is 12.9 Å². The number of pyridine rings is 1. The van der Waals surface area contributed by atoms with E-state index in [1.165, 1.54) is 43.2 Å². The van der Waals surface area contributed by atoms with Crippen molar-refractivity contribution in [3.05, 3.63) is 76.4 Å². The van der Waals surface area contributed by atoms with Crippen LogP contribution in [0, 0.1) is 11.8 Å². The smallest absolute Gasteiger partial charge is 0.0702 e. The minimum atomic E-state index is -1.88. The average molecular weight is 1280 g/mol. The van der Waals surface area contributed by atoms with Crippen LogP contribution in [0.4, 0.5) is 0 Å². The molecule has 2 saturated carbocycles. The molecule has 4 aliphatic rings. The predicted octanol–water partition coefficient (Wildman–Crippen LogP) is -22.5. The normalized spacial score (nSPS) is 14.4. The Bertz CT molecular complexity index is 2710. The van der Waals surface area contributed by atoms with Crippen molar-refractivity contribution in [2.75, 3.05) is 0 Å². The number of nitrogens with zero attached hydrogens (tertiary/aromatic N) is 1. The molecule has 0 N–H and O–H groups in total. The van der Waals surface area contributed by atoms with Gasteiger partial charge >= 0.3 is 0 Å². The molecule has 2 unspecified atom stereocenters. The largest absolute Gasteiger partial charge is 0.256 e. The number of hydrogen-bond acceptors (Lipinski definition) is 1. The summed E-state index contributed by atoms with van der Waals surface area (Å²) in [6.07, 6.45) is -53.6. The highest BCUT2D eigenvalue weighted by Gasteiger charge is 2.66. The molecule has 0 amide bonds. The van der Waals surface area contributed by atoms with Crippen molar-refractivity contribution in [2.45, 2.75) is 43.9 Å². The van der Waals surface area contributed by atoms with Gasteiger partial charge in [-0.15, -0.1) is 0 Å². The highest BCUT2D eigenvalue weighted by atomic mass is 79.9. The number of hydrogen-bond donors (Lipinski definition) is 0. The van der Waals surface area contributed by atoms with Crippen molar-refractivity contribution in [1.29, 1.82) is 0 Å². The van der Waals surface area contributed by atoms with E-state index in [1.54, 1.807) is 11.1 Å². The lowest BCUT2D eigenvalue weighted by atomic mass is 8.20. The molecule has 0 aliphatic heterocycles. The van der Waals surface area contributed by atoms with Crippen LogP contribution < -0.4 is 0 Å². The molecule has 81 heteroatoms. The average Bonchev–Trinajstić information content (AvgIpc) is 1.32. The summed E-state index contributed by atoms with van der Waals surface area (Å²) in [4.78, 5) is 4.83. The first-order chi connectivity index (χ1) is 49.7. The second kappa shape index (κ2) is 45.7. The second-order valence-corrected chi connectivity index (χ2v) is 32.0. The number of rotatable bonds is 40. The van der Waals surface area contributed by atoms with Crippen LogP contribution in [0.1, 0.15) is 55.1 Å². The van der Waals surface area contributed by atoms with Crippen molar-refractivity contribution in [1.82, 2.24) is 4.98 Å². The number of halogens is 1. The monoisotopic (exact) mass is 1300 g/mol. The summed E-state index contributed by atoms with van der Waals surface area (Å²) in [5.74, 6) is 3.54. The highest BCUT2D eigenvalue weighted by Crippen LogP contribution is 2.56. The predicted molar refractivity (Wildman–Crippen MR) is 573 cm³/mol. The molecule has 81 radical (unpaired) electrons. The fourth-order valence-corrected chi connectivity index (χ4v) is 20.7. The molecule has 2 atom stereocenters. The van der Waals surface area contributed by atoms with Crippen LogP contribution in [-0.2, 0) is 0 Å². The lowest BCUT2D eigenvalue weighted by molar-refractivity contribution is 0.166. The van der Waals surface area contributed by atoms with Crippen LogP contribution in [-0.4, -0.2) is 564 Å². The first-order valence-corrected chi connectivity index (χ1v) is 37.4. The molecule has 7 rings (SSSR count). The van der Waals surface area contributed by atoms with E-state index in [4.69, 9.17) is 314 Å². The third-order valence-corrected chi connectivity index (χ3v) is 24.7. The van der Waals surface area contributed by atoms with Crippen LogP contribution in [0.5, 0.6) is 0 Å². The fraction of sp³-hybridized carbons (Fsp3) is 0.346. The van der Waals surface area contributed by atoms with E-state index >= 15 is 0 Å². The minimum absolute atomic E-state index is 0.783. The van der Waals surface area contributed by atoms with Gasteiger partial charge in [0, 0.05) is 581 Å². The van der Waals surface area contributed by atoms with Gasteiger partial charge in [-0.2, -0.15) is 0 Å². The Balaban J connectivity index is 0.000000593. The molecule has 4 aliphatic carbocycles. The Morgan fingerprint density at radius 2 is 0.514 bits per heavy atom. The SMILES string of the molecule is Brc1ccccc1-c1ccc(-c2ccc3c(c2)C2CC4CC(CC3C4)C2)nc1.[B][B]B([B])B(B([B])[B])B(B(B([B])[B])B([B])[B])B(B(B(B(B([B])[B])B([B])[B])B(B([B])[B])B([B])[B])B(B(B([B])[B])B([B])[B])B(B([B])[B])B([B])[B])B(B(B(B([B])[B])B([B])[B])B(B([B])[B])B([B])[B])B(B(B([B])[B])B([B])[B])B(B([B])[B])B([B])[B]. The Labute approximate surface area is 727 Å². The summed E-state index contributed by atoms with van der Waals surface area (Å²) in [6.45, 7) is 0. The van der Waals surface area contributed by atoms with E-state index in [-0.39, 0.29) is 0 Å². The molecule has 4 bridgehead atoms. The minimum Gasteiger partial charge on any atom is -0.256 e. The van der Waals surface area contributed by atoms with Crippen molar-refractivity contribution >= 4 is 575 Å². The van der Waals surface area contributed by atoms with Crippen molar-refractivity contribution in [3.8, 4) is 22.4 Å². The molecule has 2 aromatic carbocycles. The van der Waals surface area contributed by atoms with E-state index < -0.39 is 243 Å². The lowest BCUT2D eigenvalue weighted by Crippen LogP contribution is -2.99. The van der Waals surface area contributed by atoms with Crippen molar-refractivity contribution in [3.63, 3.8) is 0 Å². The van der Waals surface area contributed by atoms with Gasteiger partial charge in [0.2, 0.25) is 0 Å². The molecule has 1 heterocycles. The molecule has 3 aromatic rings. The summed E-state index contributed by atoms with van der Waals surface area (Å²) < 4.78 is 1.11. The van der Waals surface area contributed by atoms with Gasteiger partial charge in [-0.1, -0.05) is 52.3 Å². The van der Waals surface area contributed by atoms with Crippen molar-refractivity contribution in [2.24, 2.45) is 11.8 Å². The van der Waals surface area contributed by atoms with Gasteiger partial charge in [0.15, 0.2) is 0 Å². The van der Waals surface area contributed by atoms with Crippen LogP contribution in [0.3, 0.4) is 0 Å². The molecule has 1 aromatic heterocycles. The summed E-state index contributed by atoms with van der Waals surface area (Å²) in [5.41, 5.74) is 8.01. The summed E-state index contributed by atoms with van der Waals surface area (Å²) >= 11 is 3.65. The van der Waals surface area contributed by atoms with Gasteiger partial charge < -0.3 is 0 Å². The molecule has 0 spiro atoms. The Morgan fingerprint density at radius 3 is 0.757 bits per heavy atom. The maximum atomic E-state index is 7.11. The molecule has 2 fully saturated rings. The fourth-order valence-electron chi connectivity index (χ4n) is 20.2. The third-order valence-electron chi connectivity index (χ3n) is 24.0. The quantitative estimate of drug-likeness (QED) is 0.0517. The molecule has 0 saturated heterocycles. The Morgan fingerprint density at radius 1 is 0.271 bits per heavy atom. The maximum absolute atomic E-state index is 7.11. The van der Waals surface area contributed by atoms with Gasteiger partial charge in [0.05, 0.1) is 5.69 Å². The first-order valence-electron chi connectivity index (χ1n) is 36.6. The standard InChI is InChI=1S/C26H24BrN.B79/c27-25-4-2-1-3-23(25)19-6-8-26(28-15-19)18-5-7-22-20-10-16-9-17(11-20)13-21(12-16)24(22)14-18;1-41-61(40)71(60(38)39)76(70(58(34)35)59(36)37)79(77(72(62(42(2)3)43(4)5)63(44(6)7)45(8)9)73(64(46(10)11)47(12)13)65(48(14)15)49(16)17)78(74(66(50(18)19)51(20)21)67(52(22)23)53(24)25)75(68(54(26)27)55(28)29)69(56(30)31)57(32)33/h1-8,14-17,20-21H,9-13H2;. The van der Waals surface area contributed by atoms with E-state index in [0.29, 0.717) is 0 Å². The van der Waals surface area contributed by atoms with Crippen LogP contribution in [0.2, 0.25) is 0 Å². The van der Waals surface area contributed by atoms with E-state index in [9.17, 15) is 0 Å². The second-order valence-electron chi connectivity index (χ2n) is 31.2. The summed E-state index contributed by atoms with van der Waals surface area (Å²) in [7, 11) is 275. The molecule has 377 valence electrons. The Hall–Kier alpha value is 3.20. The summed E-state index contributed by atoms with van der Waals surface area (Å²) in [5, 5.41) is 0. The van der Waals surface area contributed by atoms with Gasteiger partial charge in [0.1, 0.15) is 0 Å². The maximum Gasteiger partial charge on any atom is 0.0702 e. The third kappa shape index (κ3) is 25.2. The van der Waals surface area contributed by atoms with Gasteiger partial charge in [-0.3, -0.25) is 4.98 Å². The molecule has 1 nitrogen and oxygen atoms in total. The molecule has 107 heavy (non-hydrogen) atoms. The Kier molecular flexibility index (Phi) is 43.1. The van der Waals surface area contributed by atoms with Crippen LogP contribution in [0.25, 0.3) is 22.4 Å². The highest BCUT2D eigenvalue weighted by molar-refractivity contribution is 9.10. The van der Waals surface area contributed by atoms with E-state index in [1.807, 2.05) is 12.3 Å². The van der Waals surface area contributed by atoms with E-state index in [2.05, 4.69) is 64.5 Å². The van der Waals surface area contributed by atoms with Gasteiger partial charge in [-0.25, -0.2) is 0 Å². The zero-order valence-corrected chi connectivity index (χ0v) is 63.1. The lowest BCUT2D eigenvalue weighted by Gasteiger charge is -2.61. The zero-order valence-electron chi connectivity index (χ0n) is 61.6. The summed E-state index contributed by atoms with van der Waals surface area (Å²) in [6, 6.07) is 19.9.